The van der Waals surface area contributed by atoms with Crippen molar-refractivity contribution in [2.24, 2.45) is 5.92 Å². The molecule has 0 aromatic heterocycles. The van der Waals surface area contributed by atoms with Gasteiger partial charge in [0.2, 0.25) is 5.91 Å². The number of hydrogen-bond donors (Lipinski definition) is 1. The van der Waals surface area contributed by atoms with E-state index in [1.165, 1.54) is 12.1 Å². The van der Waals surface area contributed by atoms with E-state index in [9.17, 15) is 14.0 Å². The minimum Gasteiger partial charge on any atom is -0.371 e. The Labute approximate surface area is 211 Å². The molecule has 0 radical (unpaired) electrons. The molecule has 0 bridgehead atoms. The molecular weight excluding hydrogens is 455 g/mol. The summed E-state index contributed by atoms with van der Waals surface area (Å²) in [6, 6.07) is 16.5. The molecule has 3 aromatic carbocycles. The Kier molecular flexibility index (Phi) is 6.81. The van der Waals surface area contributed by atoms with Gasteiger partial charge in [-0.15, -0.1) is 0 Å². The number of piperazine rings is 1. The molecule has 2 saturated heterocycles. The van der Waals surface area contributed by atoms with E-state index in [0.717, 1.165) is 61.2 Å². The third kappa shape index (κ3) is 5.01. The van der Waals surface area contributed by atoms with E-state index >= 15 is 0 Å². The minimum atomic E-state index is -0.402. The number of carbonyl (C=O) groups excluding carboxylic acids is 2. The van der Waals surface area contributed by atoms with Crippen LogP contribution >= 0.6 is 0 Å². The highest BCUT2D eigenvalue weighted by Gasteiger charge is 2.22. The first-order chi connectivity index (χ1) is 17.4. The van der Waals surface area contributed by atoms with Crippen LogP contribution in [0.4, 0.5) is 21.5 Å². The van der Waals surface area contributed by atoms with Crippen LogP contribution < -0.4 is 15.1 Å². The number of benzene rings is 3. The summed E-state index contributed by atoms with van der Waals surface area (Å²) in [5.74, 6) is 0.0510. The minimum absolute atomic E-state index is 0.105. The van der Waals surface area contributed by atoms with Gasteiger partial charge in [-0.3, -0.25) is 9.59 Å². The standard InChI is InChI=1S/C29H33FN4O2/c1-20-9-11-33(12-10-20)24-18-22(17-23(30)19-24)29(36)31-27-7-8-28(26-6-4-3-5-25(26)27)34-15-13-32(14-16-34)21(2)35/h3-8,17-20H,9-16H2,1-2H3,(H,31,36). The van der Waals surface area contributed by atoms with E-state index in [-0.39, 0.29) is 11.8 Å². The Bertz CT molecular complexity index is 1280. The SMILES string of the molecule is CC(=O)N1CCN(c2ccc(NC(=O)c3cc(F)cc(N4CCC(C)CC4)c3)c3ccccc23)CC1. The van der Waals surface area contributed by atoms with Crippen LogP contribution in [0.5, 0.6) is 0 Å². The molecule has 2 fully saturated rings. The normalized spacial score (nSPS) is 16.9. The summed E-state index contributed by atoms with van der Waals surface area (Å²) in [5, 5.41) is 4.99. The molecule has 36 heavy (non-hydrogen) atoms. The molecule has 0 spiro atoms. The number of rotatable bonds is 4. The molecule has 0 aliphatic carbocycles. The Morgan fingerprint density at radius 3 is 2.25 bits per heavy atom. The molecule has 0 unspecified atom stereocenters. The molecule has 1 N–H and O–H groups in total. The fourth-order valence-corrected chi connectivity index (χ4v) is 5.28. The van der Waals surface area contributed by atoms with Crippen molar-refractivity contribution in [1.29, 1.82) is 0 Å². The van der Waals surface area contributed by atoms with Crippen molar-refractivity contribution in [3.63, 3.8) is 0 Å². The molecule has 0 atom stereocenters. The van der Waals surface area contributed by atoms with Gasteiger partial charge in [-0.25, -0.2) is 4.39 Å². The van der Waals surface area contributed by atoms with Gasteiger partial charge in [0, 0.05) is 79.6 Å². The van der Waals surface area contributed by atoms with Crippen LogP contribution in [0.2, 0.25) is 0 Å². The monoisotopic (exact) mass is 488 g/mol. The summed E-state index contributed by atoms with van der Waals surface area (Å²) in [6.07, 6.45) is 2.14. The fraction of sp³-hybridized carbons (Fsp3) is 0.379. The Hall–Kier alpha value is -3.61. The van der Waals surface area contributed by atoms with Crippen molar-refractivity contribution in [3.05, 3.63) is 66.0 Å². The molecule has 0 saturated carbocycles. The predicted molar refractivity (Wildman–Crippen MR) is 143 cm³/mol. The number of fused-ring (bicyclic) bond motifs is 1. The number of nitrogens with zero attached hydrogens (tertiary/aromatic N) is 3. The first-order valence-electron chi connectivity index (χ1n) is 12.8. The van der Waals surface area contributed by atoms with Crippen LogP contribution in [0.15, 0.2) is 54.6 Å². The lowest BCUT2D eigenvalue weighted by Gasteiger charge is -2.36. The number of halogens is 1. The number of piperidine rings is 1. The van der Waals surface area contributed by atoms with Gasteiger partial charge in [-0.2, -0.15) is 0 Å². The molecule has 2 aliphatic heterocycles. The fourth-order valence-electron chi connectivity index (χ4n) is 5.28. The summed E-state index contributed by atoms with van der Waals surface area (Å²) in [6.45, 7) is 8.50. The lowest BCUT2D eigenvalue weighted by molar-refractivity contribution is -0.129. The highest BCUT2D eigenvalue weighted by Crippen LogP contribution is 2.33. The van der Waals surface area contributed by atoms with Crippen LogP contribution in [0.25, 0.3) is 10.8 Å². The number of hydrogen-bond acceptors (Lipinski definition) is 4. The zero-order chi connectivity index (χ0) is 25.2. The van der Waals surface area contributed by atoms with E-state index in [0.29, 0.717) is 30.3 Å². The highest BCUT2D eigenvalue weighted by molar-refractivity contribution is 6.11. The molecule has 2 amide bonds. The van der Waals surface area contributed by atoms with Gasteiger partial charge in [-0.05, 0) is 49.1 Å². The zero-order valence-corrected chi connectivity index (χ0v) is 21.0. The molecule has 7 heteroatoms. The van der Waals surface area contributed by atoms with Crippen LogP contribution in [-0.2, 0) is 4.79 Å². The smallest absolute Gasteiger partial charge is 0.255 e. The molecule has 5 rings (SSSR count). The number of nitrogens with one attached hydrogen (secondary N) is 1. The second-order valence-electron chi connectivity index (χ2n) is 9.99. The summed E-state index contributed by atoms with van der Waals surface area (Å²) >= 11 is 0. The number of amides is 2. The summed E-state index contributed by atoms with van der Waals surface area (Å²) in [4.78, 5) is 31.3. The maximum absolute atomic E-state index is 14.5. The molecule has 6 nitrogen and oxygen atoms in total. The molecule has 2 aliphatic rings. The van der Waals surface area contributed by atoms with Gasteiger partial charge in [0.05, 0.1) is 0 Å². The Morgan fingerprint density at radius 2 is 1.56 bits per heavy atom. The average molecular weight is 489 g/mol. The van der Waals surface area contributed by atoms with Crippen LogP contribution in [0, 0.1) is 11.7 Å². The second kappa shape index (κ2) is 10.2. The van der Waals surface area contributed by atoms with E-state index in [1.807, 2.05) is 35.2 Å². The summed E-state index contributed by atoms with van der Waals surface area (Å²) < 4.78 is 14.5. The maximum Gasteiger partial charge on any atom is 0.255 e. The number of carbonyl (C=O) groups is 2. The van der Waals surface area contributed by atoms with Crippen LogP contribution in [0.3, 0.4) is 0 Å². The molecular formula is C29H33FN4O2. The number of anilines is 3. The van der Waals surface area contributed by atoms with Gasteiger partial charge in [0.1, 0.15) is 5.82 Å². The third-order valence-corrected chi connectivity index (χ3v) is 7.51. The van der Waals surface area contributed by atoms with Crippen LogP contribution in [-0.4, -0.2) is 56.0 Å². The summed E-state index contributed by atoms with van der Waals surface area (Å²) in [7, 11) is 0. The average Bonchev–Trinajstić information content (AvgIpc) is 2.89. The van der Waals surface area contributed by atoms with Gasteiger partial charge >= 0.3 is 0 Å². The Morgan fingerprint density at radius 1 is 0.861 bits per heavy atom. The largest absolute Gasteiger partial charge is 0.371 e. The van der Waals surface area contributed by atoms with Crippen molar-refractivity contribution in [1.82, 2.24) is 4.90 Å². The second-order valence-corrected chi connectivity index (χ2v) is 9.99. The third-order valence-electron chi connectivity index (χ3n) is 7.51. The van der Waals surface area contributed by atoms with Crippen molar-refractivity contribution in [3.8, 4) is 0 Å². The molecule has 188 valence electrons. The van der Waals surface area contributed by atoms with E-state index in [2.05, 4.69) is 28.1 Å². The van der Waals surface area contributed by atoms with Crippen molar-refractivity contribution >= 4 is 39.6 Å². The van der Waals surface area contributed by atoms with Gasteiger partial charge in [-0.1, -0.05) is 31.2 Å². The quantitative estimate of drug-likeness (QED) is 0.553. The predicted octanol–water partition coefficient (Wildman–Crippen LogP) is 5.14. The maximum atomic E-state index is 14.5. The topological polar surface area (TPSA) is 55.9 Å². The molecule has 3 aromatic rings. The van der Waals surface area contributed by atoms with Gasteiger partial charge in [0.25, 0.3) is 5.91 Å². The highest BCUT2D eigenvalue weighted by atomic mass is 19.1. The molecule has 2 heterocycles. The zero-order valence-electron chi connectivity index (χ0n) is 21.0. The van der Waals surface area contributed by atoms with Crippen molar-refractivity contribution < 1.29 is 14.0 Å². The van der Waals surface area contributed by atoms with Gasteiger partial charge in [0.15, 0.2) is 0 Å². The van der Waals surface area contributed by atoms with E-state index in [4.69, 9.17) is 0 Å². The van der Waals surface area contributed by atoms with Crippen LogP contribution in [0.1, 0.15) is 37.0 Å². The lowest BCUT2D eigenvalue weighted by Crippen LogP contribution is -2.48. The lowest BCUT2D eigenvalue weighted by atomic mass is 9.98. The summed E-state index contributed by atoms with van der Waals surface area (Å²) in [5.41, 5.74) is 2.85. The van der Waals surface area contributed by atoms with Gasteiger partial charge < -0.3 is 20.0 Å². The van der Waals surface area contributed by atoms with E-state index in [1.54, 1.807) is 13.0 Å². The van der Waals surface area contributed by atoms with Crippen molar-refractivity contribution in [2.45, 2.75) is 26.7 Å². The first-order valence-corrected chi connectivity index (χ1v) is 12.8. The first kappa shape index (κ1) is 24.1. The van der Waals surface area contributed by atoms with Crippen molar-refractivity contribution in [2.75, 3.05) is 54.4 Å². The Balaban J connectivity index is 1.38. The van der Waals surface area contributed by atoms with E-state index < -0.39 is 5.82 Å².